The molecule has 4 bridgehead atoms. The first-order valence-corrected chi connectivity index (χ1v) is 11.6. The van der Waals surface area contributed by atoms with Crippen molar-refractivity contribution in [1.29, 1.82) is 0 Å². The summed E-state index contributed by atoms with van der Waals surface area (Å²) in [7, 11) is 0. The van der Waals surface area contributed by atoms with Crippen LogP contribution < -0.4 is 10.6 Å². The minimum atomic E-state index is -0.312. The number of carbonyl (C=O) groups excluding carboxylic acids is 2. The number of aryl methyl sites for hydroxylation is 1. The normalized spacial score (nSPS) is 31.4. The molecule has 0 heterocycles. The monoisotopic (exact) mass is 466 g/mol. The number of para-hydroxylation sites is 1. The maximum Gasteiger partial charge on any atom is 0.257 e. The van der Waals surface area contributed by atoms with E-state index in [0.29, 0.717) is 23.1 Å². The Morgan fingerprint density at radius 3 is 2.40 bits per heavy atom. The number of nitrogens with one attached hydrogen (secondary N) is 2. The number of carbonyl (C=O) groups is 2. The van der Waals surface area contributed by atoms with Crippen molar-refractivity contribution in [3.8, 4) is 0 Å². The number of hydrogen-bond donors (Lipinski definition) is 2. The topological polar surface area (TPSA) is 58.2 Å². The molecule has 4 aliphatic carbocycles. The molecule has 4 atom stereocenters. The van der Waals surface area contributed by atoms with Crippen molar-refractivity contribution in [1.82, 2.24) is 0 Å². The van der Waals surface area contributed by atoms with Crippen LogP contribution in [0.15, 0.2) is 48.5 Å². The first kappa shape index (κ1) is 19.8. The molecule has 6 rings (SSSR count). The van der Waals surface area contributed by atoms with Crippen molar-refractivity contribution >= 4 is 39.1 Å². The summed E-state index contributed by atoms with van der Waals surface area (Å²) in [5, 5.41) is 6.10. The van der Waals surface area contributed by atoms with Gasteiger partial charge in [-0.05, 0) is 87.1 Å². The summed E-state index contributed by atoms with van der Waals surface area (Å²) in [6.45, 7) is 1.99. The molecule has 2 amide bonds. The molecular formula is C25H27BrN2O2. The highest BCUT2D eigenvalue weighted by atomic mass is 79.9. The van der Waals surface area contributed by atoms with E-state index < -0.39 is 0 Å². The van der Waals surface area contributed by atoms with Crippen molar-refractivity contribution in [2.75, 3.05) is 10.6 Å². The third kappa shape index (κ3) is 3.58. The molecule has 0 saturated heterocycles. The molecule has 2 aromatic carbocycles. The van der Waals surface area contributed by atoms with Crippen LogP contribution in [-0.4, -0.2) is 16.1 Å². The average Bonchev–Trinajstić information content (AvgIpc) is 2.66. The van der Waals surface area contributed by atoms with Gasteiger partial charge in [0, 0.05) is 10.0 Å². The lowest BCUT2D eigenvalue weighted by atomic mass is 9.49. The molecular weight excluding hydrogens is 440 g/mol. The highest BCUT2D eigenvalue weighted by Gasteiger charge is 2.59. The van der Waals surface area contributed by atoms with Crippen molar-refractivity contribution in [3.05, 3.63) is 59.7 Å². The van der Waals surface area contributed by atoms with E-state index in [4.69, 9.17) is 0 Å². The summed E-state index contributed by atoms with van der Waals surface area (Å²) >= 11 is 3.98. The predicted octanol–water partition coefficient (Wildman–Crippen LogP) is 5.92. The maximum absolute atomic E-state index is 13.5. The Kier molecular flexibility index (Phi) is 4.77. The van der Waals surface area contributed by atoms with Crippen LogP contribution in [0.25, 0.3) is 0 Å². The molecule has 0 aliphatic heterocycles. The summed E-state index contributed by atoms with van der Waals surface area (Å²) in [4.78, 5) is 26.5. The molecule has 4 saturated carbocycles. The lowest BCUT2D eigenvalue weighted by molar-refractivity contribution is -0.138. The number of benzene rings is 2. The third-order valence-electron chi connectivity index (χ3n) is 7.17. The van der Waals surface area contributed by atoms with E-state index in [2.05, 4.69) is 26.6 Å². The Bertz CT molecular complexity index is 1000. The van der Waals surface area contributed by atoms with Gasteiger partial charge in [-0.25, -0.2) is 0 Å². The van der Waals surface area contributed by atoms with E-state index in [-0.39, 0.29) is 21.6 Å². The molecule has 0 radical (unpaired) electrons. The van der Waals surface area contributed by atoms with Crippen LogP contribution in [0, 0.1) is 24.2 Å². The van der Waals surface area contributed by atoms with Crippen LogP contribution in [0.5, 0.6) is 0 Å². The minimum Gasteiger partial charge on any atom is -0.325 e. The molecule has 2 N–H and O–H groups in total. The number of amides is 2. The highest BCUT2D eigenvalue weighted by molar-refractivity contribution is 9.10. The van der Waals surface area contributed by atoms with Crippen LogP contribution in [0.1, 0.15) is 54.4 Å². The lowest BCUT2D eigenvalue weighted by Crippen LogP contribution is -2.57. The van der Waals surface area contributed by atoms with E-state index in [1.165, 1.54) is 19.3 Å². The fraction of sp³-hybridized carbons (Fsp3) is 0.440. The Hall–Kier alpha value is -2.14. The van der Waals surface area contributed by atoms with Crippen LogP contribution in [0.3, 0.4) is 0 Å². The van der Waals surface area contributed by atoms with Crippen LogP contribution in [-0.2, 0) is 4.79 Å². The second-order valence-corrected chi connectivity index (χ2v) is 11.4. The van der Waals surface area contributed by atoms with E-state index in [0.717, 1.165) is 30.5 Å². The van der Waals surface area contributed by atoms with Gasteiger partial charge >= 0.3 is 0 Å². The Morgan fingerprint density at radius 1 is 0.967 bits per heavy atom. The summed E-state index contributed by atoms with van der Waals surface area (Å²) in [5.41, 5.74) is 2.61. The van der Waals surface area contributed by atoms with Gasteiger partial charge in [0.15, 0.2) is 0 Å². The Morgan fingerprint density at radius 2 is 1.70 bits per heavy atom. The molecule has 5 heteroatoms. The summed E-state index contributed by atoms with van der Waals surface area (Å²) in [5.74, 6) is 1.14. The van der Waals surface area contributed by atoms with Gasteiger partial charge in [-0.3, -0.25) is 9.59 Å². The molecule has 156 valence electrons. The number of halogens is 1. The largest absolute Gasteiger partial charge is 0.325 e. The molecule has 0 spiro atoms. The molecule has 0 aromatic heterocycles. The second kappa shape index (κ2) is 7.23. The summed E-state index contributed by atoms with van der Waals surface area (Å²) < 4.78 is 0.122. The summed E-state index contributed by atoms with van der Waals surface area (Å²) in [6.07, 6.45) is 6.48. The van der Waals surface area contributed by atoms with Gasteiger partial charge in [0.05, 0.1) is 16.7 Å². The quantitative estimate of drug-likeness (QED) is 0.549. The fourth-order valence-electron chi connectivity index (χ4n) is 6.38. The highest BCUT2D eigenvalue weighted by Crippen LogP contribution is 2.64. The summed E-state index contributed by atoms with van der Waals surface area (Å²) in [6, 6.07) is 15.0. The minimum absolute atomic E-state index is 0.0798. The molecule has 4 fully saturated rings. The first-order chi connectivity index (χ1) is 14.3. The molecule has 2 unspecified atom stereocenters. The Balaban J connectivity index is 1.37. The lowest BCUT2D eigenvalue weighted by Gasteiger charge is -2.59. The number of alkyl halides is 1. The predicted molar refractivity (Wildman–Crippen MR) is 123 cm³/mol. The van der Waals surface area contributed by atoms with Gasteiger partial charge in [-0.1, -0.05) is 40.2 Å². The first-order valence-electron chi connectivity index (χ1n) is 10.8. The van der Waals surface area contributed by atoms with E-state index in [1.54, 1.807) is 6.07 Å². The van der Waals surface area contributed by atoms with E-state index in [9.17, 15) is 9.59 Å². The van der Waals surface area contributed by atoms with E-state index in [1.807, 2.05) is 49.4 Å². The Labute approximate surface area is 186 Å². The van der Waals surface area contributed by atoms with Gasteiger partial charge < -0.3 is 10.6 Å². The molecule has 30 heavy (non-hydrogen) atoms. The van der Waals surface area contributed by atoms with Gasteiger partial charge in [-0.15, -0.1) is 0 Å². The molecule has 2 aromatic rings. The number of hydrogen-bond acceptors (Lipinski definition) is 2. The van der Waals surface area contributed by atoms with Crippen LogP contribution in [0.4, 0.5) is 11.4 Å². The van der Waals surface area contributed by atoms with Gasteiger partial charge in [0.25, 0.3) is 5.91 Å². The molecule has 4 aliphatic rings. The van der Waals surface area contributed by atoms with Gasteiger partial charge in [0.1, 0.15) is 0 Å². The average molecular weight is 467 g/mol. The smallest absolute Gasteiger partial charge is 0.257 e. The van der Waals surface area contributed by atoms with Crippen molar-refractivity contribution < 1.29 is 9.59 Å². The van der Waals surface area contributed by atoms with Gasteiger partial charge in [0.2, 0.25) is 5.91 Å². The third-order valence-corrected chi connectivity index (χ3v) is 8.10. The van der Waals surface area contributed by atoms with Crippen molar-refractivity contribution in [3.63, 3.8) is 0 Å². The van der Waals surface area contributed by atoms with Gasteiger partial charge in [-0.2, -0.15) is 0 Å². The van der Waals surface area contributed by atoms with Crippen molar-refractivity contribution in [2.45, 2.75) is 49.8 Å². The SMILES string of the molecule is Cc1cccc(NC(=O)c2ccccc2NC(=O)C23C[C@@H]4C[C@@H](CC(Br)(C4)C2)C3)c1. The van der Waals surface area contributed by atoms with Crippen LogP contribution in [0.2, 0.25) is 0 Å². The zero-order chi connectivity index (χ0) is 20.9. The maximum atomic E-state index is 13.5. The zero-order valence-corrected chi connectivity index (χ0v) is 18.8. The van der Waals surface area contributed by atoms with E-state index >= 15 is 0 Å². The fourth-order valence-corrected chi connectivity index (χ4v) is 7.84. The zero-order valence-electron chi connectivity index (χ0n) is 17.2. The number of anilines is 2. The molecule has 4 nitrogen and oxygen atoms in total. The number of rotatable bonds is 4. The standard InChI is InChI=1S/C25H27BrN2O2/c1-16-5-4-6-19(9-16)27-22(29)20-7-2-3-8-21(20)28-23(30)24-11-17-10-18(12-24)14-25(26,13-17)15-24/h2-9,17-18H,10-15H2,1H3,(H,27,29)(H,28,30)/t17-,18+,24?,25?. The second-order valence-electron chi connectivity index (χ2n) is 9.72. The van der Waals surface area contributed by atoms with Crippen LogP contribution >= 0.6 is 15.9 Å². The van der Waals surface area contributed by atoms with Crippen molar-refractivity contribution in [2.24, 2.45) is 17.3 Å².